The predicted octanol–water partition coefficient (Wildman–Crippen LogP) is 1.29. The maximum Gasteiger partial charge on any atom is 0.323 e. The van der Waals surface area contributed by atoms with Gasteiger partial charge in [-0.2, -0.15) is 0 Å². The first kappa shape index (κ1) is 25.9. The van der Waals surface area contributed by atoms with Crippen molar-refractivity contribution in [3.63, 3.8) is 0 Å². The van der Waals surface area contributed by atoms with Crippen molar-refractivity contribution in [3.05, 3.63) is 0 Å². The molecule has 0 saturated carbocycles. The summed E-state index contributed by atoms with van der Waals surface area (Å²) >= 11 is 0. The van der Waals surface area contributed by atoms with Gasteiger partial charge in [0.25, 0.3) is 0 Å². The molecule has 33 heavy (non-hydrogen) atoms. The van der Waals surface area contributed by atoms with Gasteiger partial charge in [-0.25, -0.2) is 0 Å². The Morgan fingerprint density at radius 2 is 0.939 bits per heavy atom. The Balaban J connectivity index is 1.60. The molecule has 9 heteroatoms. The van der Waals surface area contributed by atoms with Crippen LogP contribution in [-0.2, 0) is 28.6 Å². The molecule has 3 saturated heterocycles. The number of hydrogen-bond donors (Lipinski definition) is 0. The molecule has 3 rings (SSSR count). The number of ether oxygens (including phenoxy) is 3. The lowest BCUT2D eigenvalue weighted by Gasteiger charge is -2.32. The number of hydrogen-bond acceptors (Lipinski definition) is 9. The molecular formula is C24H41N3O6. The summed E-state index contributed by atoms with van der Waals surface area (Å²) in [6.07, 6.45) is 0.526. The first-order valence-corrected chi connectivity index (χ1v) is 12.3. The summed E-state index contributed by atoms with van der Waals surface area (Å²) in [6.45, 7) is 16.3. The zero-order valence-electron chi connectivity index (χ0n) is 21.2. The van der Waals surface area contributed by atoms with E-state index in [1.165, 1.54) is 0 Å². The Morgan fingerprint density at radius 3 is 1.12 bits per heavy atom. The molecule has 0 aromatic carbocycles. The van der Waals surface area contributed by atoms with Crippen molar-refractivity contribution in [2.24, 2.45) is 5.41 Å². The lowest BCUT2D eigenvalue weighted by molar-refractivity contribution is -0.166. The minimum atomic E-state index is -0.792. The standard InChI is InChI=1S/C24H41N3O6/c1-8-24(12-31-21(28)18(5)25-9-15(25)2,13-32-22(29)19(6)26-10-16(26)3)14-33-23(30)20(7)27-11-17(27)4/h15-20H,8-14H2,1-7H3. The lowest BCUT2D eigenvalue weighted by atomic mass is 9.88. The molecule has 0 N–H and O–H groups in total. The van der Waals surface area contributed by atoms with Crippen molar-refractivity contribution in [2.45, 2.75) is 91.1 Å². The fourth-order valence-electron chi connectivity index (χ4n) is 4.27. The second kappa shape index (κ2) is 10.3. The van der Waals surface area contributed by atoms with Crippen LogP contribution in [0.2, 0.25) is 0 Å². The molecule has 9 unspecified atom stereocenters. The van der Waals surface area contributed by atoms with Crippen LogP contribution in [0.4, 0.5) is 0 Å². The van der Waals surface area contributed by atoms with E-state index < -0.39 is 5.41 Å². The molecular weight excluding hydrogens is 426 g/mol. The van der Waals surface area contributed by atoms with Crippen LogP contribution >= 0.6 is 0 Å². The third-order valence-corrected chi connectivity index (χ3v) is 7.55. The topological polar surface area (TPSA) is 87.9 Å². The first-order valence-electron chi connectivity index (χ1n) is 12.3. The molecule has 0 bridgehead atoms. The zero-order chi connectivity index (χ0) is 24.5. The summed E-state index contributed by atoms with van der Waals surface area (Å²) in [5, 5.41) is 0. The van der Waals surface area contributed by atoms with E-state index in [-0.39, 0.29) is 55.9 Å². The van der Waals surface area contributed by atoms with Gasteiger partial charge in [-0.3, -0.25) is 29.1 Å². The van der Waals surface area contributed by atoms with Gasteiger partial charge in [-0.05, 0) is 48.0 Å². The van der Waals surface area contributed by atoms with E-state index >= 15 is 0 Å². The highest BCUT2D eigenvalue weighted by molar-refractivity contribution is 5.77. The van der Waals surface area contributed by atoms with Gasteiger partial charge in [0.1, 0.15) is 37.9 Å². The normalized spacial score (nSPS) is 34.3. The van der Waals surface area contributed by atoms with Crippen LogP contribution in [0.5, 0.6) is 0 Å². The Kier molecular flexibility index (Phi) is 8.07. The predicted molar refractivity (Wildman–Crippen MR) is 122 cm³/mol. The summed E-state index contributed by atoms with van der Waals surface area (Å²) in [6, 6.07) is 0.169. The molecule has 0 aromatic heterocycles. The maximum absolute atomic E-state index is 12.6. The van der Waals surface area contributed by atoms with Crippen molar-refractivity contribution in [1.82, 2.24) is 14.7 Å². The molecule has 188 valence electrons. The van der Waals surface area contributed by atoms with Crippen molar-refractivity contribution < 1.29 is 28.6 Å². The summed E-state index contributed by atoms with van der Waals surface area (Å²) in [5.74, 6) is -0.938. The molecule has 9 atom stereocenters. The summed E-state index contributed by atoms with van der Waals surface area (Å²) in [4.78, 5) is 44.0. The van der Waals surface area contributed by atoms with E-state index in [1.807, 2.05) is 27.7 Å². The Hall–Kier alpha value is -1.71. The van der Waals surface area contributed by atoms with Crippen LogP contribution in [0.3, 0.4) is 0 Å². The van der Waals surface area contributed by atoms with E-state index in [0.717, 1.165) is 19.6 Å². The second-order valence-electron chi connectivity index (χ2n) is 10.3. The van der Waals surface area contributed by atoms with E-state index in [1.54, 1.807) is 0 Å². The van der Waals surface area contributed by atoms with Crippen molar-refractivity contribution >= 4 is 17.9 Å². The molecule has 3 aliphatic rings. The molecule has 0 aromatic rings. The highest BCUT2D eigenvalue weighted by Crippen LogP contribution is 2.28. The lowest BCUT2D eigenvalue weighted by Crippen LogP contribution is -2.43. The van der Waals surface area contributed by atoms with Crippen molar-refractivity contribution in [3.8, 4) is 0 Å². The molecule has 3 heterocycles. The van der Waals surface area contributed by atoms with Crippen LogP contribution < -0.4 is 0 Å². The summed E-state index contributed by atoms with van der Waals surface area (Å²) < 4.78 is 17.0. The Bertz CT molecular complexity index is 653. The molecule has 3 fully saturated rings. The van der Waals surface area contributed by atoms with Crippen LogP contribution in [0.25, 0.3) is 0 Å². The number of nitrogens with zero attached hydrogens (tertiary/aromatic N) is 3. The molecule has 9 nitrogen and oxygen atoms in total. The largest absolute Gasteiger partial charge is 0.464 e. The quantitative estimate of drug-likeness (QED) is 0.226. The van der Waals surface area contributed by atoms with Gasteiger partial charge in [0, 0.05) is 37.8 Å². The smallest absolute Gasteiger partial charge is 0.323 e. The monoisotopic (exact) mass is 467 g/mol. The maximum atomic E-state index is 12.6. The van der Waals surface area contributed by atoms with Crippen molar-refractivity contribution in [1.29, 1.82) is 0 Å². The minimum Gasteiger partial charge on any atom is -0.464 e. The average molecular weight is 468 g/mol. The van der Waals surface area contributed by atoms with E-state index in [2.05, 4.69) is 35.5 Å². The number of rotatable bonds is 13. The summed E-state index contributed by atoms with van der Waals surface area (Å²) in [7, 11) is 0. The van der Waals surface area contributed by atoms with Crippen LogP contribution in [0, 0.1) is 5.41 Å². The fourth-order valence-corrected chi connectivity index (χ4v) is 4.27. The zero-order valence-corrected chi connectivity index (χ0v) is 21.2. The van der Waals surface area contributed by atoms with E-state index in [0.29, 0.717) is 24.5 Å². The van der Waals surface area contributed by atoms with Gasteiger partial charge in [0.15, 0.2) is 0 Å². The average Bonchev–Trinajstić information content (AvgIpc) is 3.73. The third kappa shape index (κ3) is 6.45. The first-order chi connectivity index (χ1) is 15.5. The molecule has 0 radical (unpaired) electrons. The minimum absolute atomic E-state index is 0.0262. The van der Waals surface area contributed by atoms with Gasteiger partial charge in [0.2, 0.25) is 0 Å². The summed E-state index contributed by atoms with van der Waals surface area (Å²) in [5.41, 5.74) is -0.792. The van der Waals surface area contributed by atoms with Crippen LogP contribution in [0.1, 0.15) is 54.9 Å². The van der Waals surface area contributed by atoms with E-state index in [9.17, 15) is 14.4 Å². The molecule has 0 amide bonds. The van der Waals surface area contributed by atoms with Gasteiger partial charge < -0.3 is 14.2 Å². The van der Waals surface area contributed by atoms with Gasteiger partial charge in [-0.15, -0.1) is 0 Å². The van der Waals surface area contributed by atoms with Gasteiger partial charge >= 0.3 is 17.9 Å². The molecule has 0 spiro atoms. The Labute approximate surface area is 197 Å². The van der Waals surface area contributed by atoms with E-state index in [4.69, 9.17) is 14.2 Å². The second-order valence-corrected chi connectivity index (χ2v) is 10.3. The Morgan fingerprint density at radius 1 is 0.697 bits per heavy atom. The van der Waals surface area contributed by atoms with Crippen molar-refractivity contribution in [2.75, 3.05) is 39.5 Å². The molecule has 3 aliphatic heterocycles. The SMILES string of the molecule is CCC(COC(=O)C(C)N1CC1C)(COC(=O)C(C)N1CC1C)COC(=O)C(C)N1CC1C. The molecule has 0 aliphatic carbocycles. The number of carbonyl (C=O) groups is 3. The van der Waals surface area contributed by atoms with Crippen LogP contribution in [0.15, 0.2) is 0 Å². The fraction of sp³-hybridized carbons (Fsp3) is 0.875. The van der Waals surface area contributed by atoms with Gasteiger partial charge in [0.05, 0.1) is 5.41 Å². The number of esters is 3. The third-order valence-electron chi connectivity index (χ3n) is 7.55. The van der Waals surface area contributed by atoms with Gasteiger partial charge in [-0.1, -0.05) is 6.92 Å². The number of carbonyl (C=O) groups excluding carboxylic acids is 3. The van der Waals surface area contributed by atoms with Crippen LogP contribution in [-0.4, -0.2) is 108 Å². The highest BCUT2D eigenvalue weighted by atomic mass is 16.6. The highest BCUT2D eigenvalue weighted by Gasteiger charge is 2.43.